The second-order valence-corrected chi connectivity index (χ2v) is 4.43. The Bertz CT molecular complexity index is 195. The third-order valence-electron chi connectivity index (χ3n) is 2.74. The summed E-state index contributed by atoms with van der Waals surface area (Å²) in [6.45, 7) is 11.3. The minimum absolute atomic E-state index is 0.192. The van der Waals surface area contributed by atoms with E-state index in [4.69, 9.17) is 5.73 Å². The Hall–Kier alpha value is -0.610. The number of hydrogen-bond acceptors (Lipinski definition) is 3. The highest BCUT2D eigenvalue weighted by molar-refractivity contribution is 5.79. The molecule has 0 aliphatic carbocycles. The van der Waals surface area contributed by atoms with Crippen LogP contribution in [0.5, 0.6) is 0 Å². The lowest BCUT2D eigenvalue weighted by Crippen LogP contribution is -2.44. The lowest BCUT2D eigenvalue weighted by atomic mass is 10.1. The van der Waals surface area contributed by atoms with Gasteiger partial charge in [0.25, 0.3) is 0 Å². The first kappa shape index (κ1) is 15.4. The van der Waals surface area contributed by atoms with Crippen molar-refractivity contribution >= 4 is 5.91 Å². The second kappa shape index (κ2) is 8.53. The molecule has 0 saturated heterocycles. The number of nitrogens with two attached hydrogens (primary N) is 1. The highest BCUT2D eigenvalue weighted by atomic mass is 16.1. The molecular weight excluding hydrogens is 202 g/mol. The first-order valence-electron chi connectivity index (χ1n) is 6.29. The Kier molecular flexibility index (Phi) is 8.21. The van der Waals surface area contributed by atoms with E-state index in [0.717, 1.165) is 32.5 Å². The molecule has 16 heavy (non-hydrogen) atoms. The molecule has 0 aliphatic heterocycles. The van der Waals surface area contributed by atoms with Crippen LogP contribution < -0.4 is 11.1 Å². The van der Waals surface area contributed by atoms with Crippen LogP contribution >= 0.6 is 0 Å². The molecule has 0 fully saturated rings. The summed E-state index contributed by atoms with van der Waals surface area (Å²) in [5.41, 5.74) is 5.34. The third-order valence-corrected chi connectivity index (χ3v) is 2.74. The lowest BCUT2D eigenvalue weighted by Gasteiger charge is -2.27. The van der Waals surface area contributed by atoms with Crippen LogP contribution in [0.2, 0.25) is 0 Å². The predicted octanol–water partition coefficient (Wildman–Crippen LogP) is 0.960. The zero-order valence-electron chi connectivity index (χ0n) is 11.1. The maximum absolute atomic E-state index is 11.2. The lowest BCUT2D eigenvalue weighted by molar-refractivity contribution is -0.120. The van der Waals surface area contributed by atoms with Crippen LogP contribution in [0.3, 0.4) is 0 Å². The van der Waals surface area contributed by atoms with Crippen molar-refractivity contribution in [3.63, 3.8) is 0 Å². The van der Waals surface area contributed by atoms with E-state index in [-0.39, 0.29) is 11.9 Å². The van der Waals surface area contributed by atoms with Gasteiger partial charge in [-0.2, -0.15) is 0 Å². The fourth-order valence-corrected chi connectivity index (χ4v) is 1.80. The van der Waals surface area contributed by atoms with Gasteiger partial charge in [-0.15, -0.1) is 0 Å². The minimum atomic E-state index is -0.248. The first-order chi connectivity index (χ1) is 7.52. The zero-order valence-corrected chi connectivity index (χ0v) is 11.1. The van der Waals surface area contributed by atoms with Gasteiger partial charge in [-0.1, -0.05) is 13.8 Å². The topological polar surface area (TPSA) is 58.4 Å². The maximum Gasteiger partial charge on any atom is 0.234 e. The Morgan fingerprint density at radius 2 is 1.94 bits per heavy atom. The number of amides is 1. The van der Waals surface area contributed by atoms with Crippen LogP contribution in [0.15, 0.2) is 0 Å². The summed E-state index contributed by atoms with van der Waals surface area (Å²) in [4.78, 5) is 13.6. The number of primary amides is 1. The molecule has 0 bridgehead atoms. The molecule has 0 spiro atoms. The largest absolute Gasteiger partial charge is 0.368 e. The van der Waals surface area contributed by atoms with Crippen LogP contribution in [-0.2, 0) is 4.79 Å². The molecule has 0 radical (unpaired) electrons. The van der Waals surface area contributed by atoms with Crippen molar-refractivity contribution in [1.82, 2.24) is 10.2 Å². The van der Waals surface area contributed by atoms with E-state index in [1.165, 1.54) is 0 Å². The van der Waals surface area contributed by atoms with Crippen molar-refractivity contribution < 1.29 is 4.79 Å². The van der Waals surface area contributed by atoms with Crippen LogP contribution in [0.1, 0.15) is 40.5 Å². The average molecular weight is 229 g/mol. The number of hydrogen-bond donors (Lipinski definition) is 2. The normalized spacial score (nSPS) is 13.4. The number of likely N-dealkylation sites (N-methyl/N-ethyl adjacent to an activating group) is 1. The summed E-state index contributed by atoms with van der Waals surface area (Å²) in [5, 5.41) is 3.12. The molecule has 0 aromatic carbocycles. The van der Waals surface area contributed by atoms with Gasteiger partial charge < -0.3 is 16.0 Å². The Balaban J connectivity index is 4.09. The van der Waals surface area contributed by atoms with Crippen LogP contribution in [0, 0.1) is 0 Å². The molecule has 0 heterocycles. The smallest absolute Gasteiger partial charge is 0.234 e. The van der Waals surface area contributed by atoms with E-state index in [1.54, 1.807) is 0 Å². The average Bonchev–Trinajstić information content (AvgIpc) is 2.21. The SMILES string of the molecule is CCCN(CCC(NCC)C(N)=O)C(C)C. The molecule has 3 N–H and O–H groups in total. The van der Waals surface area contributed by atoms with E-state index in [2.05, 4.69) is 31.0 Å². The summed E-state index contributed by atoms with van der Waals surface area (Å²) in [5.74, 6) is -0.248. The molecule has 0 saturated carbocycles. The van der Waals surface area contributed by atoms with Gasteiger partial charge in [-0.05, 0) is 39.8 Å². The van der Waals surface area contributed by atoms with Crippen molar-refractivity contribution in [2.45, 2.75) is 52.6 Å². The molecule has 4 heteroatoms. The molecule has 0 aromatic rings. The Labute approximate surface area is 99.6 Å². The van der Waals surface area contributed by atoms with Crippen LogP contribution in [0.4, 0.5) is 0 Å². The first-order valence-corrected chi connectivity index (χ1v) is 6.29. The number of rotatable bonds is 9. The number of nitrogens with zero attached hydrogens (tertiary/aromatic N) is 1. The van der Waals surface area contributed by atoms with E-state index in [0.29, 0.717) is 6.04 Å². The van der Waals surface area contributed by atoms with Gasteiger partial charge in [-0.3, -0.25) is 4.79 Å². The number of carbonyl (C=O) groups excluding carboxylic acids is 1. The molecule has 1 amide bonds. The predicted molar refractivity (Wildman–Crippen MR) is 68.3 cm³/mol. The number of carbonyl (C=O) groups is 1. The van der Waals surface area contributed by atoms with E-state index in [1.807, 2.05) is 6.92 Å². The molecule has 96 valence electrons. The van der Waals surface area contributed by atoms with Crippen LogP contribution in [0.25, 0.3) is 0 Å². The van der Waals surface area contributed by atoms with E-state index < -0.39 is 0 Å². The molecular formula is C12H27N3O. The summed E-state index contributed by atoms with van der Waals surface area (Å²) in [6.07, 6.45) is 1.93. The number of nitrogens with one attached hydrogen (secondary N) is 1. The molecule has 1 atom stereocenters. The van der Waals surface area contributed by atoms with Gasteiger partial charge in [0.15, 0.2) is 0 Å². The van der Waals surface area contributed by atoms with Gasteiger partial charge in [0.1, 0.15) is 0 Å². The minimum Gasteiger partial charge on any atom is -0.368 e. The third kappa shape index (κ3) is 6.08. The van der Waals surface area contributed by atoms with Crippen molar-refractivity contribution in [2.75, 3.05) is 19.6 Å². The van der Waals surface area contributed by atoms with Crippen LogP contribution in [-0.4, -0.2) is 42.5 Å². The highest BCUT2D eigenvalue weighted by Gasteiger charge is 2.16. The van der Waals surface area contributed by atoms with Gasteiger partial charge in [0.05, 0.1) is 6.04 Å². The zero-order chi connectivity index (χ0) is 12.6. The molecule has 0 aromatic heterocycles. The molecule has 0 rings (SSSR count). The van der Waals surface area contributed by atoms with Gasteiger partial charge in [-0.25, -0.2) is 0 Å². The van der Waals surface area contributed by atoms with Gasteiger partial charge in [0, 0.05) is 12.6 Å². The fourth-order valence-electron chi connectivity index (χ4n) is 1.80. The Morgan fingerprint density at radius 3 is 2.31 bits per heavy atom. The molecule has 1 unspecified atom stereocenters. The fraction of sp³-hybridized carbons (Fsp3) is 0.917. The summed E-state index contributed by atoms with van der Waals surface area (Å²) < 4.78 is 0. The quantitative estimate of drug-likeness (QED) is 0.619. The van der Waals surface area contributed by atoms with Gasteiger partial charge in [0.2, 0.25) is 5.91 Å². The van der Waals surface area contributed by atoms with Gasteiger partial charge >= 0.3 is 0 Å². The summed E-state index contributed by atoms with van der Waals surface area (Å²) in [7, 11) is 0. The second-order valence-electron chi connectivity index (χ2n) is 4.43. The molecule has 0 aliphatic rings. The van der Waals surface area contributed by atoms with Crippen molar-refractivity contribution in [3.8, 4) is 0 Å². The monoisotopic (exact) mass is 229 g/mol. The maximum atomic E-state index is 11.2. The van der Waals surface area contributed by atoms with Crippen molar-refractivity contribution in [2.24, 2.45) is 5.73 Å². The summed E-state index contributed by atoms with van der Waals surface area (Å²) >= 11 is 0. The molecule has 4 nitrogen and oxygen atoms in total. The summed E-state index contributed by atoms with van der Waals surface area (Å²) in [6, 6.07) is 0.332. The van der Waals surface area contributed by atoms with E-state index >= 15 is 0 Å². The van der Waals surface area contributed by atoms with E-state index in [9.17, 15) is 4.79 Å². The van der Waals surface area contributed by atoms with Crippen molar-refractivity contribution in [1.29, 1.82) is 0 Å². The standard InChI is InChI=1S/C12H27N3O/c1-5-8-15(10(3)4)9-7-11(12(13)16)14-6-2/h10-11,14H,5-9H2,1-4H3,(H2,13,16). The highest BCUT2D eigenvalue weighted by Crippen LogP contribution is 2.03. The Morgan fingerprint density at radius 1 is 1.31 bits per heavy atom. The van der Waals surface area contributed by atoms with Crippen molar-refractivity contribution in [3.05, 3.63) is 0 Å².